The lowest BCUT2D eigenvalue weighted by molar-refractivity contribution is -0.116. The van der Waals surface area contributed by atoms with Gasteiger partial charge in [-0.15, -0.1) is 5.10 Å². The maximum atomic E-state index is 14.4. The number of carbonyl (C=O) groups is 2. The lowest BCUT2D eigenvalue weighted by Crippen LogP contribution is -2.32. The molecule has 0 unspecified atom stereocenters. The highest BCUT2D eigenvalue weighted by molar-refractivity contribution is 6.37. The number of aromatic amines is 1. The van der Waals surface area contributed by atoms with E-state index >= 15 is 0 Å². The number of halogens is 4. The van der Waals surface area contributed by atoms with E-state index in [9.17, 15) is 23.2 Å². The number of aromatic nitrogens is 2. The van der Waals surface area contributed by atoms with Crippen LogP contribution in [-0.2, 0) is 9.53 Å². The molecule has 35 heavy (non-hydrogen) atoms. The van der Waals surface area contributed by atoms with Gasteiger partial charge in [0.25, 0.3) is 11.5 Å². The Balaban J connectivity index is 1.89. The van der Waals surface area contributed by atoms with E-state index in [1.165, 1.54) is 19.1 Å². The number of H-pyrrole nitrogens is 1. The average molecular weight is 524 g/mol. The molecule has 0 saturated carbocycles. The summed E-state index contributed by atoms with van der Waals surface area (Å²) >= 11 is 12.4. The van der Waals surface area contributed by atoms with Gasteiger partial charge in [-0.2, -0.15) is 5.26 Å². The van der Waals surface area contributed by atoms with Gasteiger partial charge in [-0.3, -0.25) is 14.9 Å². The van der Waals surface area contributed by atoms with E-state index in [2.05, 4.69) is 15.2 Å². The minimum absolute atomic E-state index is 0.0281. The van der Waals surface area contributed by atoms with Crippen LogP contribution in [0.1, 0.15) is 6.92 Å². The number of ether oxygens (including phenoxy) is 2. The summed E-state index contributed by atoms with van der Waals surface area (Å²) in [5, 5.41) is 17.9. The molecular formula is C21H13Cl2F2N5O5. The van der Waals surface area contributed by atoms with Crippen molar-refractivity contribution in [2.75, 3.05) is 11.9 Å². The molecule has 0 aliphatic rings. The van der Waals surface area contributed by atoms with Crippen molar-refractivity contribution >= 4 is 51.7 Å². The van der Waals surface area contributed by atoms with Gasteiger partial charge in [0.1, 0.15) is 23.3 Å². The van der Waals surface area contributed by atoms with Crippen LogP contribution in [0.5, 0.6) is 11.6 Å². The van der Waals surface area contributed by atoms with Crippen molar-refractivity contribution in [1.29, 1.82) is 5.26 Å². The molecule has 3 aromatic rings. The second kappa shape index (κ2) is 10.8. The summed E-state index contributed by atoms with van der Waals surface area (Å²) in [5.41, 5.74) is -1.24. The van der Waals surface area contributed by atoms with Crippen molar-refractivity contribution < 1.29 is 27.8 Å². The third-order valence-corrected chi connectivity index (χ3v) is 4.80. The van der Waals surface area contributed by atoms with Crippen molar-refractivity contribution in [3.63, 3.8) is 0 Å². The van der Waals surface area contributed by atoms with Gasteiger partial charge < -0.3 is 14.8 Å². The van der Waals surface area contributed by atoms with E-state index in [0.29, 0.717) is 0 Å². The minimum Gasteiger partial charge on any atom is -0.450 e. The first-order chi connectivity index (χ1) is 16.7. The highest BCUT2D eigenvalue weighted by atomic mass is 35.5. The number of fused-ring (bicyclic) bond motifs is 1. The van der Waals surface area contributed by atoms with Crippen LogP contribution in [0.15, 0.2) is 40.8 Å². The molecule has 2 aromatic carbocycles. The summed E-state index contributed by atoms with van der Waals surface area (Å²) < 4.78 is 38.5. The molecule has 0 aliphatic carbocycles. The number of carbonyl (C=O) groups excluding carboxylic acids is 2. The highest BCUT2D eigenvalue weighted by Gasteiger charge is 2.20. The number of benzene rings is 2. The molecule has 0 saturated heterocycles. The number of amides is 2. The van der Waals surface area contributed by atoms with Gasteiger partial charge in [0.15, 0.2) is 5.75 Å². The average Bonchev–Trinajstić information content (AvgIpc) is 2.80. The first-order valence-corrected chi connectivity index (χ1v) is 10.3. The van der Waals surface area contributed by atoms with Crippen LogP contribution in [-0.4, -0.2) is 28.8 Å². The Bertz CT molecular complexity index is 1450. The van der Waals surface area contributed by atoms with Gasteiger partial charge >= 0.3 is 6.09 Å². The fourth-order valence-electron chi connectivity index (χ4n) is 2.74. The van der Waals surface area contributed by atoms with Gasteiger partial charge in [-0.05, 0) is 31.2 Å². The maximum Gasteiger partial charge on any atom is 0.414 e. The second-order valence-corrected chi connectivity index (χ2v) is 7.31. The molecule has 10 nitrogen and oxygen atoms in total. The largest absolute Gasteiger partial charge is 0.450 e. The molecule has 2 amide bonds. The summed E-state index contributed by atoms with van der Waals surface area (Å²) in [6, 6.07) is 5.76. The number of imide groups is 1. The molecule has 1 heterocycles. The first-order valence-electron chi connectivity index (χ1n) is 9.54. The predicted octanol–water partition coefficient (Wildman–Crippen LogP) is 4.39. The third kappa shape index (κ3) is 5.65. The van der Waals surface area contributed by atoms with E-state index in [0.717, 1.165) is 18.3 Å². The van der Waals surface area contributed by atoms with Gasteiger partial charge in [0.05, 0.1) is 27.4 Å². The van der Waals surface area contributed by atoms with E-state index in [4.69, 9.17) is 33.2 Å². The van der Waals surface area contributed by atoms with Crippen LogP contribution in [0.3, 0.4) is 0 Å². The van der Waals surface area contributed by atoms with Crippen molar-refractivity contribution in [3.8, 4) is 17.7 Å². The molecule has 0 spiro atoms. The maximum absolute atomic E-state index is 14.4. The molecule has 0 aliphatic heterocycles. The number of nitriles is 1. The minimum atomic E-state index is -1.02. The van der Waals surface area contributed by atoms with Crippen LogP contribution in [0, 0.1) is 23.0 Å². The highest BCUT2D eigenvalue weighted by Crippen LogP contribution is 2.40. The standard InChI is InChI=1S/C21H13Cl2F2N5O5/c1-2-34-21(33)28-18(31)9(7-26)8-27-10-5-11(22)17(12(23)6-10)35-20-16-14(25)4-3-13(24)15(16)19(32)29-30-20/h3-6,8,27H,2H2,1H3,(H,29,32)(H,28,31,33)/b9-8-. The van der Waals surface area contributed by atoms with E-state index in [1.54, 1.807) is 6.07 Å². The summed E-state index contributed by atoms with van der Waals surface area (Å²) in [5.74, 6) is -3.66. The third-order valence-electron chi connectivity index (χ3n) is 4.24. The Morgan fingerprint density at radius 3 is 2.43 bits per heavy atom. The smallest absolute Gasteiger partial charge is 0.414 e. The fraction of sp³-hybridized carbons (Fsp3) is 0.0952. The number of hydrogen-bond acceptors (Lipinski definition) is 8. The lowest BCUT2D eigenvalue weighted by atomic mass is 10.1. The molecule has 0 bridgehead atoms. The molecule has 1 aromatic heterocycles. The Morgan fingerprint density at radius 2 is 1.83 bits per heavy atom. The van der Waals surface area contributed by atoms with Gasteiger partial charge in [-0.1, -0.05) is 23.2 Å². The topological polar surface area (TPSA) is 146 Å². The van der Waals surface area contributed by atoms with Crippen LogP contribution in [0.4, 0.5) is 19.3 Å². The summed E-state index contributed by atoms with van der Waals surface area (Å²) in [6.07, 6.45) is -0.0300. The fourth-order valence-corrected chi connectivity index (χ4v) is 3.30. The zero-order valence-corrected chi connectivity index (χ0v) is 19.1. The molecular weight excluding hydrogens is 511 g/mol. The summed E-state index contributed by atoms with van der Waals surface area (Å²) in [6.45, 7) is 1.57. The SMILES string of the molecule is CCOC(=O)NC(=O)/C(C#N)=C\Nc1cc(Cl)c(Oc2n[nH]c(=O)c3c(F)ccc(F)c23)c(Cl)c1. The van der Waals surface area contributed by atoms with Crippen molar-refractivity contribution in [2.24, 2.45) is 0 Å². The summed E-state index contributed by atoms with van der Waals surface area (Å²) in [4.78, 5) is 35.2. The van der Waals surface area contributed by atoms with E-state index in [-0.39, 0.29) is 28.1 Å². The van der Waals surface area contributed by atoms with Crippen molar-refractivity contribution in [1.82, 2.24) is 15.5 Å². The Morgan fingerprint density at radius 1 is 1.20 bits per heavy atom. The molecule has 0 atom stereocenters. The molecule has 180 valence electrons. The Hall–Kier alpha value is -4.21. The normalized spacial score (nSPS) is 11.0. The summed E-state index contributed by atoms with van der Waals surface area (Å²) in [7, 11) is 0. The van der Waals surface area contributed by atoms with Crippen LogP contribution >= 0.6 is 23.2 Å². The molecule has 14 heteroatoms. The first kappa shape index (κ1) is 25.4. The number of hydrogen-bond donors (Lipinski definition) is 3. The van der Waals surface area contributed by atoms with E-state index in [1.807, 2.05) is 10.4 Å². The molecule has 3 rings (SSSR count). The quantitative estimate of drug-likeness (QED) is 0.318. The lowest BCUT2D eigenvalue weighted by Gasteiger charge is -2.12. The van der Waals surface area contributed by atoms with Crippen LogP contribution in [0.2, 0.25) is 10.0 Å². The number of alkyl carbamates (subject to hydrolysis) is 1. The van der Waals surface area contributed by atoms with Crippen LogP contribution in [0.25, 0.3) is 10.8 Å². The van der Waals surface area contributed by atoms with Crippen LogP contribution < -0.4 is 20.9 Å². The number of nitrogens with one attached hydrogen (secondary N) is 3. The Kier molecular flexibility index (Phi) is 7.85. The number of rotatable bonds is 6. The number of anilines is 1. The van der Waals surface area contributed by atoms with Gasteiger partial charge in [-0.25, -0.2) is 18.7 Å². The predicted molar refractivity (Wildman–Crippen MR) is 121 cm³/mol. The Labute approximate surface area is 205 Å². The molecule has 0 fully saturated rings. The zero-order chi connectivity index (χ0) is 25.7. The molecule has 0 radical (unpaired) electrons. The van der Waals surface area contributed by atoms with E-state index < -0.39 is 51.4 Å². The van der Waals surface area contributed by atoms with Gasteiger partial charge in [0.2, 0.25) is 5.88 Å². The number of nitrogens with zero attached hydrogens (tertiary/aromatic N) is 2. The van der Waals surface area contributed by atoms with Crippen molar-refractivity contribution in [2.45, 2.75) is 6.92 Å². The van der Waals surface area contributed by atoms with Crippen molar-refractivity contribution in [3.05, 3.63) is 68.1 Å². The molecule has 3 N–H and O–H groups in total. The second-order valence-electron chi connectivity index (χ2n) is 6.50. The zero-order valence-electron chi connectivity index (χ0n) is 17.5. The van der Waals surface area contributed by atoms with Gasteiger partial charge in [0, 0.05) is 11.9 Å². The monoisotopic (exact) mass is 523 g/mol.